The van der Waals surface area contributed by atoms with Crippen molar-refractivity contribution in [2.45, 2.75) is 17.4 Å². The molecule has 2 aromatic rings. The lowest BCUT2D eigenvalue weighted by Crippen LogP contribution is -2.42. The van der Waals surface area contributed by atoms with Crippen LogP contribution < -0.4 is 10.6 Å². The van der Waals surface area contributed by atoms with E-state index in [4.69, 9.17) is 11.6 Å². The molecule has 1 fully saturated rings. The minimum atomic E-state index is -3.59. The molecule has 164 valence electrons. The highest BCUT2D eigenvalue weighted by Crippen LogP contribution is 2.29. The molecule has 0 saturated carbocycles. The topological polar surface area (TPSA) is 116 Å². The number of carbonyl (C=O) groups excluding carboxylic acids is 3. The number of anilines is 1. The minimum Gasteiger partial charge on any atom is -0.325 e. The van der Waals surface area contributed by atoms with Gasteiger partial charge in [0.15, 0.2) is 0 Å². The van der Waals surface area contributed by atoms with Crippen LogP contribution in [-0.2, 0) is 25.2 Å². The number of amides is 4. The van der Waals surface area contributed by atoms with E-state index in [0.29, 0.717) is 16.3 Å². The molecule has 4 amide bonds. The number of benzene rings is 2. The average Bonchev–Trinajstić information content (AvgIpc) is 2.92. The number of hydrogen-bond donors (Lipinski definition) is 2. The van der Waals surface area contributed by atoms with Gasteiger partial charge in [0.25, 0.3) is 5.91 Å². The van der Waals surface area contributed by atoms with Gasteiger partial charge in [0.2, 0.25) is 15.9 Å². The first-order valence-electron chi connectivity index (χ1n) is 9.18. The number of nitrogens with zero attached hydrogens (tertiary/aromatic N) is 2. The van der Waals surface area contributed by atoms with Crippen molar-refractivity contribution in [2.24, 2.45) is 0 Å². The SMILES string of the molecule is CN(C)S(=O)(=O)c1ccc(NC(=O)CN2C(=O)NC(C)(c3ccc(Cl)cc3)C2=O)cc1. The lowest BCUT2D eigenvalue weighted by atomic mass is 9.92. The molecule has 3 rings (SSSR count). The van der Waals surface area contributed by atoms with Gasteiger partial charge in [0, 0.05) is 24.8 Å². The first-order valence-corrected chi connectivity index (χ1v) is 11.0. The Balaban J connectivity index is 1.70. The molecule has 9 nitrogen and oxygen atoms in total. The second kappa shape index (κ2) is 8.29. The molecule has 2 aromatic carbocycles. The number of imide groups is 1. The molecule has 0 aromatic heterocycles. The third-order valence-corrected chi connectivity index (χ3v) is 7.00. The Morgan fingerprint density at radius 3 is 2.23 bits per heavy atom. The maximum absolute atomic E-state index is 12.9. The molecule has 0 radical (unpaired) electrons. The van der Waals surface area contributed by atoms with Crippen molar-refractivity contribution in [1.82, 2.24) is 14.5 Å². The van der Waals surface area contributed by atoms with E-state index >= 15 is 0 Å². The summed E-state index contributed by atoms with van der Waals surface area (Å²) in [5, 5.41) is 5.66. The van der Waals surface area contributed by atoms with Crippen LogP contribution in [0.3, 0.4) is 0 Å². The van der Waals surface area contributed by atoms with Crippen molar-refractivity contribution in [3.63, 3.8) is 0 Å². The van der Waals surface area contributed by atoms with E-state index < -0.39 is 40.0 Å². The van der Waals surface area contributed by atoms with Crippen molar-refractivity contribution in [1.29, 1.82) is 0 Å². The Labute approximate surface area is 185 Å². The molecule has 0 bridgehead atoms. The number of rotatable bonds is 6. The normalized spacial score (nSPS) is 18.9. The van der Waals surface area contributed by atoms with Gasteiger partial charge in [0.1, 0.15) is 12.1 Å². The summed E-state index contributed by atoms with van der Waals surface area (Å²) in [7, 11) is -0.756. The van der Waals surface area contributed by atoms with Crippen molar-refractivity contribution >= 4 is 45.2 Å². The van der Waals surface area contributed by atoms with Gasteiger partial charge in [-0.1, -0.05) is 23.7 Å². The number of halogens is 1. The maximum atomic E-state index is 12.9. The highest BCUT2D eigenvalue weighted by atomic mass is 35.5. The highest BCUT2D eigenvalue weighted by molar-refractivity contribution is 7.89. The van der Waals surface area contributed by atoms with Gasteiger partial charge in [-0.2, -0.15) is 0 Å². The quantitative estimate of drug-likeness (QED) is 0.634. The first kappa shape index (κ1) is 22.7. The Hall–Kier alpha value is -2.95. The predicted octanol–water partition coefficient (Wildman–Crippen LogP) is 2.00. The van der Waals surface area contributed by atoms with Crippen LogP contribution in [0.4, 0.5) is 10.5 Å². The molecule has 1 saturated heterocycles. The summed E-state index contributed by atoms with van der Waals surface area (Å²) < 4.78 is 25.3. The molecule has 31 heavy (non-hydrogen) atoms. The van der Waals surface area contributed by atoms with Crippen LogP contribution in [0.15, 0.2) is 53.4 Å². The Bertz CT molecular complexity index is 1130. The van der Waals surface area contributed by atoms with E-state index in [1.165, 1.54) is 38.4 Å². The van der Waals surface area contributed by atoms with E-state index in [0.717, 1.165) is 9.21 Å². The molecular formula is C20H21ClN4O5S. The highest BCUT2D eigenvalue weighted by Gasteiger charge is 2.49. The fourth-order valence-corrected chi connectivity index (χ4v) is 4.11. The summed E-state index contributed by atoms with van der Waals surface area (Å²) >= 11 is 5.88. The summed E-state index contributed by atoms with van der Waals surface area (Å²) in [5.41, 5.74) is -0.449. The summed E-state index contributed by atoms with van der Waals surface area (Å²) in [6, 6.07) is 11.4. The van der Waals surface area contributed by atoms with Gasteiger partial charge in [-0.25, -0.2) is 17.5 Å². The van der Waals surface area contributed by atoms with Crippen molar-refractivity contribution in [2.75, 3.05) is 26.0 Å². The molecule has 1 unspecified atom stereocenters. The number of nitrogens with one attached hydrogen (secondary N) is 2. The lowest BCUT2D eigenvalue weighted by molar-refractivity contribution is -0.133. The number of hydrogen-bond acceptors (Lipinski definition) is 5. The Morgan fingerprint density at radius 1 is 1.10 bits per heavy atom. The van der Waals surface area contributed by atoms with Crippen LogP contribution in [0.25, 0.3) is 0 Å². The van der Waals surface area contributed by atoms with Crippen molar-refractivity contribution < 1.29 is 22.8 Å². The Kier molecular flexibility index (Phi) is 6.08. The Morgan fingerprint density at radius 2 is 1.68 bits per heavy atom. The largest absolute Gasteiger partial charge is 0.325 e. The zero-order valence-electron chi connectivity index (χ0n) is 17.0. The van der Waals surface area contributed by atoms with Gasteiger partial charge in [0.05, 0.1) is 4.90 Å². The summed E-state index contributed by atoms with van der Waals surface area (Å²) in [6.07, 6.45) is 0. The lowest BCUT2D eigenvalue weighted by Gasteiger charge is -2.22. The average molecular weight is 465 g/mol. The minimum absolute atomic E-state index is 0.0725. The van der Waals surface area contributed by atoms with Crippen molar-refractivity contribution in [3.05, 3.63) is 59.1 Å². The maximum Gasteiger partial charge on any atom is 0.325 e. The standard InChI is InChI=1S/C20H21ClN4O5S/c1-20(13-4-6-14(21)7-5-13)18(27)25(19(28)23-20)12-17(26)22-15-8-10-16(11-9-15)31(29,30)24(2)3/h4-11H,12H2,1-3H3,(H,22,26)(H,23,28). The molecule has 0 spiro atoms. The van der Waals surface area contributed by atoms with E-state index in [2.05, 4.69) is 10.6 Å². The molecule has 1 atom stereocenters. The van der Waals surface area contributed by atoms with Crippen molar-refractivity contribution in [3.8, 4) is 0 Å². The van der Waals surface area contributed by atoms with Crippen LogP contribution in [0.5, 0.6) is 0 Å². The molecule has 1 aliphatic heterocycles. The van der Waals surface area contributed by atoms with Crippen LogP contribution in [-0.4, -0.2) is 56.1 Å². The van der Waals surface area contributed by atoms with E-state index in [1.54, 1.807) is 31.2 Å². The second-order valence-corrected chi connectivity index (χ2v) is 9.90. The molecule has 2 N–H and O–H groups in total. The summed E-state index contributed by atoms with van der Waals surface area (Å²) in [4.78, 5) is 38.6. The molecule has 1 aliphatic rings. The first-order chi connectivity index (χ1) is 14.4. The van der Waals surface area contributed by atoms with Gasteiger partial charge in [-0.3, -0.25) is 14.5 Å². The molecule has 0 aliphatic carbocycles. The van der Waals surface area contributed by atoms with Gasteiger partial charge >= 0.3 is 6.03 Å². The predicted molar refractivity (Wildman–Crippen MR) is 115 cm³/mol. The summed E-state index contributed by atoms with van der Waals surface area (Å²) in [6.45, 7) is 1.06. The molecular weight excluding hydrogens is 444 g/mol. The van der Waals surface area contributed by atoms with Crippen LogP contribution in [0.2, 0.25) is 5.02 Å². The third-order valence-electron chi connectivity index (χ3n) is 4.91. The van der Waals surface area contributed by atoms with E-state index in [1.807, 2.05) is 0 Å². The zero-order chi connectivity index (χ0) is 23.0. The number of urea groups is 1. The van der Waals surface area contributed by atoms with Crippen LogP contribution in [0, 0.1) is 0 Å². The fourth-order valence-electron chi connectivity index (χ4n) is 3.08. The van der Waals surface area contributed by atoms with Crippen LogP contribution >= 0.6 is 11.6 Å². The smallest absolute Gasteiger partial charge is 0.325 e. The van der Waals surface area contributed by atoms with Gasteiger partial charge in [-0.05, 0) is 48.9 Å². The van der Waals surface area contributed by atoms with Gasteiger partial charge in [-0.15, -0.1) is 0 Å². The molecule has 1 heterocycles. The third kappa shape index (κ3) is 4.41. The number of carbonyl (C=O) groups is 3. The van der Waals surface area contributed by atoms with Crippen LogP contribution in [0.1, 0.15) is 12.5 Å². The van der Waals surface area contributed by atoms with Gasteiger partial charge < -0.3 is 10.6 Å². The summed E-state index contributed by atoms with van der Waals surface area (Å²) in [5.74, 6) is -1.17. The second-order valence-electron chi connectivity index (χ2n) is 7.31. The number of sulfonamides is 1. The fraction of sp³-hybridized carbons (Fsp3) is 0.250. The monoisotopic (exact) mass is 464 g/mol. The zero-order valence-corrected chi connectivity index (χ0v) is 18.6. The van der Waals surface area contributed by atoms with E-state index in [9.17, 15) is 22.8 Å². The van der Waals surface area contributed by atoms with E-state index in [-0.39, 0.29) is 4.90 Å². The molecule has 11 heteroatoms.